The quantitative estimate of drug-likeness (QED) is 0.759. The molecule has 1 saturated heterocycles. The third-order valence-corrected chi connectivity index (χ3v) is 7.71. The van der Waals surface area contributed by atoms with Crippen LogP contribution in [0.15, 0.2) is 0 Å². The third-order valence-electron chi connectivity index (χ3n) is 7.71. The first kappa shape index (κ1) is 19.7. The Hall–Kier alpha value is -1.06. The highest BCUT2D eigenvalue weighted by Crippen LogP contribution is 2.46. The van der Waals surface area contributed by atoms with Crippen LogP contribution in [0, 0.1) is 23.2 Å². The molecule has 148 valence electrons. The maximum atomic E-state index is 12.8. The van der Waals surface area contributed by atoms with Gasteiger partial charge < -0.3 is 9.80 Å². The molecule has 0 aromatic rings. The highest BCUT2D eigenvalue weighted by Gasteiger charge is 2.39. The van der Waals surface area contributed by atoms with E-state index in [0.29, 0.717) is 17.2 Å². The molecule has 2 saturated carbocycles. The summed E-state index contributed by atoms with van der Waals surface area (Å²) >= 11 is 0. The monoisotopic (exact) mass is 362 g/mol. The predicted molar refractivity (Wildman–Crippen MR) is 105 cm³/mol. The molecule has 3 rings (SSSR count). The minimum atomic E-state index is 0.228. The largest absolute Gasteiger partial charge is 0.345 e. The van der Waals surface area contributed by atoms with Crippen molar-refractivity contribution >= 4 is 11.8 Å². The van der Waals surface area contributed by atoms with E-state index in [-0.39, 0.29) is 11.8 Å². The van der Waals surface area contributed by atoms with Crippen molar-refractivity contribution in [2.45, 2.75) is 78.1 Å². The fourth-order valence-electron chi connectivity index (χ4n) is 5.56. The van der Waals surface area contributed by atoms with E-state index in [0.717, 1.165) is 38.4 Å². The van der Waals surface area contributed by atoms with E-state index in [1.165, 1.54) is 51.4 Å². The van der Waals surface area contributed by atoms with Gasteiger partial charge in [-0.1, -0.05) is 6.92 Å². The molecule has 0 radical (unpaired) electrons. The number of nitrogens with zero attached hydrogens (tertiary/aromatic N) is 2. The number of amides is 2. The third kappa shape index (κ3) is 4.61. The molecule has 0 unspecified atom stereocenters. The van der Waals surface area contributed by atoms with E-state index in [4.69, 9.17) is 0 Å². The van der Waals surface area contributed by atoms with Gasteiger partial charge in [-0.15, -0.1) is 0 Å². The molecular weight excluding hydrogens is 324 g/mol. The number of rotatable bonds is 3. The van der Waals surface area contributed by atoms with Crippen molar-refractivity contribution in [2.24, 2.45) is 23.2 Å². The van der Waals surface area contributed by atoms with Gasteiger partial charge >= 0.3 is 0 Å². The number of carbonyl (C=O) groups is 2. The van der Waals surface area contributed by atoms with Gasteiger partial charge in [0.15, 0.2) is 0 Å². The fourth-order valence-corrected chi connectivity index (χ4v) is 5.56. The summed E-state index contributed by atoms with van der Waals surface area (Å²) in [7, 11) is 2.02. The number of likely N-dealkylation sites (tertiary alicyclic amines) is 1. The highest BCUT2D eigenvalue weighted by molar-refractivity contribution is 5.78. The predicted octanol–water partition coefficient (Wildman–Crippen LogP) is 4.09. The first-order chi connectivity index (χ1) is 12.4. The highest BCUT2D eigenvalue weighted by atomic mass is 16.2. The Labute approximate surface area is 159 Å². The van der Waals surface area contributed by atoms with Gasteiger partial charge in [0.25, 0.3) is 0 Å². The van der Waals surface area contributed by atoms with Crippen LogP contribution in [0.2, 0.25) is 0 Å². The van der Waals surface area contributed by atoms with E-state index in [1.54, 1.807) is 6.92 Å². The Kier molecular flexibility index (Phi) is 6.29. The Balaban J connectivity index is 1.42. The molecule has 2 aliphatic carbocycles. The average molecular weight is 363 g/mol. The average Bonchev–Trinajstić information content (AvgIpc) is 2.64. The van der Waals surface area contributed by atoms with Crippen LogP contribution in [0.3, 0.4) is 0 Å². The topological polar surface area (TPSA) is 40.6 Å². The van der Waals surface area contributed by atoms with Gasteiger partial charge in [-0.2, -0.15) is 0 Å². The second-order valence-electron chi connectivity index (χ2n) is 9.62. The Morgan fingerprint density at radius 3 is 2.08 bits per heavy atom. The molecule has 3 aliphatic rings. The molecule has 0 bridgehead atoms. The SMILES string of the molecule is CC(=O)N1CCC2(CCC(CN(C)C(=O)[C@H]3CC[C@H](C)CC3)CC2)CC1. The molecular formula is C22H38N2O2. The molecule has 0 aromatic carbocycles. The van der Waals surface area contributed by atoms with Crippen molar-refractivity contribution in [3.05, 3.63) is 0 Å². The number of hydrogen-bond acceptors (Lipinski definition) is 2. The summed E-state index contributed by atoms with van der Waals surface area (Å²) in [6.45, 7) is 6.83. The molecule has 0 N–H and O–H groups in total. The van der Waals surface area contributed by atoms with Crippen LogP contribution in [0.25, 0.3) is 0 Å². The van der Waals surface area contributed by atoms with E-state index in [9.17, 15) is 9.59 Å². The summed E-state index contributed by atoms with van der Waals surface area (Å²) in [5.74, 6) is 2.37. The van der Waals surface area contributed by atoms with Crippen molar-refractivity contribution < 1.29 is 9.59 Å². The van der Waals surface area contributed by atoms with Crippen molar-refractivity contribution in [1.29, 1.82) is 0 Å². The van der Waals surface area contributed by atoms with Crippen LogP contribution in [0.5, 0.6) is 0 Å². The maximum absolute atomic E-state index is 12.8. The zero-order valence-corrected chi connectivity index (χ0v) is 17.1. The van der Waals surface area contributed by atoms with Crippen molar-refractivity contribution in [3.8, 4) is 0 Å². The summed E-state index contributed by atoms with van der Waals surface area (Å²) < 4.78 is 0. The van der Waals surface area contributed by atoms with Crippen LogP contribution in [-0.4, -0.2) is 48.3 Å². The molecule has 2 amide bonds. The summed E-state index contributed by atoms with van der Waals surface area (Å²) in [6, 6.07) is 0. The van der Waals surface area contributed by atoms with Crippen LogP contribution in [0.1, 0.15) is 78.1 Å². The van der Waals surface area contributed by atoms with Gasteiger partial charge in [0.05, 0.1) is 0 Å². The lowest BCUT2D eigenvalue weighted by molar-refractivity contribution is -0.136. The number of piperidine rings is 1. The molecule has 1 aliphatic heterocycles. The van der Waals surface area contributed by atoms with Crippen molar-refractivity contribution in [1.82, 2.24) is 9.80 Å². The minimum absolute atomic E-state index is 0.228. The lowest BCUT2D eigenvalue weighted by Crippen LogP contribution is -2.45. The van der Waals surface area contributed by atoms with Crippen molar-refractivity contribution in [2.75, 3.05) is 26.7 Å². The first-order valence-electron chi connectivity index (χ1n) is 10.9. The van der Waals surface area contributed by atoms with Gasteiger partial charge in [-0.05, 0) is 81.5 Å². The van der Waals surface area contributed by atoms with E-state index in [1.807, 2.05) is 16.8 Å². The Morgan fingerprint density at radius 1 is 0.962 bits per heavy atom. The summed E-state index contributed by atoms with van der Waals surface area (Å²) in [5, 5.41) is 0. The molecule has 4 heteroatoms. The van der Waals surface area contributed by atoms with Gasteiger partial charge in [-0.3, -0.25) is 9.59 Å². The zero-order chi connectivity index (χ0) is 18.7. The van der Waals surface area contributed by atoms with E-state index < -0.39 is 0 Å². The Morgan fingerprint density at radius 2 is 1.54 bits per heavy atom. The lowest BCUT2D eigenvalue weighted by atomic mass is 9.65. The normalized spacial score (nSPS) is 29.6. The van der Waals surface area contributed by atoms with Crippen molar-refractivity contribution in [3.63, 3.8) is 0 Å². The maximum Gasteiger partial charge on any atom is 0.225 e. The summed E-state index contributed by atoms with van der Waals surface area (Å²) in [6.07, 6.45) is 12.0. The van der Waals surface area contributed by atoms with Gasteiger partial charge in [-0.25, -0.2) is 0 Å². The van der Waals surface area contributed by atoms with Crippen LogP contribution >= 0.6 is 0 Å². The standard InChI is InChI=1S/C22H38N2O2/c1-17-4-6-20(7-5-17)21(26)23(3)16-19-8-10-22(11-9-19)12-14-24(15-13-22)18(2)25/h17,19-20H,4-16H2,1-3H3/t17-,20-. The molecule has 26 heavy (non-hydrogen) atoms. The second-order valence-corrected chi connectivity index (χ2v) is 9.62. The second kappa shape index (κ2) is 8.31. The molecule has 1 spiro atoms. The van der Waals surface area contributed by atoms with Crippen LogP contribution in [-0.2, 0) is 9.59 Å². The molecule has 0 aromatic heterocycles. The summed E-state index contributed by atoms with van der Waals surface area (Å²) in [4.78, 5) is 28.4. The van der Waals surface area contributed by atoms with Crippen LogP contribution < -0.4 is 0 Å². The van der Waals surface area contributed by atoms with Gasteiger partial charge in [0.2, 0.25) is 11.8 Å². The molecule has 4 nitrogen and oxygen atoms in total. The molecule has 1 heterocycles. The number of hydrogen-bond donors (Lipinski definition) is 0. The Bertz CT molecular complexity index is 492. The minimum Gasteiger partial charge on any atom is -0.345 e. The first-order valence-corrected chi connectivity index (χ1v) is 10.9. The van der Waals surface area contributed by atoms with Gasteiger partial charge in [0, 0.05) is 39.5 Å². The fraction of sp³-hybridized carbons (Fsp3) is 0.909. The number of carbonyl (C=O) groups excluding carboxylic acids is 2. The summed E-state index contributed by atoms with van der Waals surface area (Å²) in [5.41, 5.74) is 0.477. The lowest BCUT2D eigenvalue weighted by Gasteiger charge is -2.46. The van der Waals surface area contributed by atoms with Gasteiger partial charge in [0.1, 0.15) is 0 Å². The smallest absolute Gasteiger partial charge is 0.225 e. The van der Waals surface area contributed by atoms with Crippen LogP contribution in [0.4, 0.5) is 0 Å². The zero-order valence-electron chi connectivity index (χ0n) is 17.1. The molecule has 0 atom stereocenters. The van der Waals surface area contributed by atoms with E-state index >= 15 is 0 Å². The molecule has 3 fully saturated rings. The van der Waals surface area contributed by atoms with E-state index in [2.05, 4.69) is 6.92 Å².